The summed E-state index contributed by atoms with van der Waals surface area (Å²) in [6.45, 7) is 3.89. The van der Waals surface area contributed by atoms with Gasteiger partial charge in [-0.3, -0.25) is 0 Å². The molecule has 0 spiro atoms. The van der Waals surface area contributed by atoms with Crippen molar-refractivity contribution in [3.63, 3.8) is 0 Å². The number of hydrogen-bond donors (Lipinski definition) is 0. The maximum atomic E-state index is 13.4. The van der Waals surface area contributed by atoms with Gasteiger partial charge in [0.05, 0.1) is 0 Å². The number of alkyl halides is 2. The Bertz CT molecular complexity index is 198. The molecule has 0 amide bonds. The first-order chi connectivity index (χ1) is 5.53. The Kier molecular flexibility index (Phi) is 1.56. The molecular weight excluding hydrogens is 158 g/mol. The number of halogens is 2. The highest BCUT2D eigenvalue weighted by atomic mass is 19.3. The molecule has 2 unspecified atom stereocenters. The van der Waals surface area contributed by atoms with E-state index >= 15 is 0 Å². The molecule has 0 heterocycles. The van der Waals surface area contributed by atoms with Gasteiger partial charge < -0.3 is 0 Å². The largest absolute Gasteiger partial charge is 0.257 e. The minimum Gasteiger partial charge on any atom is -0.206 e. The topological polar surface area (TPSA) is 0 Å². The summed E-state index contributed by atoms with van der Waals surface area (Å²) >= 11 is 0. The molecule has 0 aliphatic heterocycles. The number of rotatable bonds is 1. The Labute approximate surface area is 72.3 Å². The molecule has 0 nitrogen and oxygen atoms in total. The smallest absolute Gasteiger partial charge is 0.206 e. The monoisotopic (exact) mass is 174 g/mol. The van der Waals surface area contributed by atoms with E-state index in [1.807, 2.05) is 13.8 Å². The van der Waals surface area contributed by atoms with E-state index in [0.717, 1.165) is 25.7 Å². The van der Waals surface area contributed by atoms with Crippen molar-refractivity contribution in [2.24, 2.45) is 17.3 Å². The first-order valence-electron chi connectivity index (χ1n) is 4.91. The molecule has 2 heteroatoms. The van der Waals surface area contributed by atoms with E-state index < -0.39 is 11.3 Å². The lowest BCUT2D eigenvalue weighted by Gasteiger charge is -2.23. The summed E-state index contributed by atoms with van der Waals surface area (Å²) in [5.74, 6) is -2.46. The highest BCUT2D eigenvalue weighted by molar-refractivity contribution is 5.20. The van der Waals surface area contributed by atoms with Crippen LogP contribution < -0.4 is 0 Å². The van der Waals surface area contributed by atoms with Gasteiger partial charge in [-0.15, -0.1) is 0 Å². The van der Waals surface area contributed by atoms with E-state index in [1.54, 1.807) is 0 Å². The highest BCUT2D eigenvalue weighted by Gasteiger charge is 2.80. The lowest BCUT2D eigenvalue weighted by Crippen LogP contribution is -2.20. The molecule has 70 valence electrons. The Balaban J connectivity index is 2.24. The van der Waals surface area contributed by atoms with Crippen molar-refractivity contribution in [1.29, 1.82) is 0 Å². The second-order valence-electron chi connectivity index (χ2n) is 4.62. The fourth-order valence-electron chi connectivity index (χ4n) is 3.18. The average molecular weight is 174 g/mol. The molecule has 2 atom stereocenters. The Morgan fingerprint density at radius 1 is 1.25 bits per heavy atom. The van der Waals surface area contributed by atoms with Gasteiger partial charge >= 0.3 is 0 Å². The average Bonchev–Trinajstić information content (AvgIpc) is 2.52. The quantitative estimate of drug-likeness (QED) is 0.571. The minimum absolute atomic E-state index is 0.151. The third kappa shape index (κ3) is 0.717. The Hall–Kier alpha value is -0.140. The van der Waals surface area contributed by atoms with Gasteiger partial charge in [0.1, 0.15) is 0 Å². The Morgan fingerprint density at radius 2 is 1.92 bits per heavy atom. The summed E-state index contributed by atoms with van der Waals surface area (Å²) in [5.41, 5.74) is -0.592. The maximum absolute atomic E-state index is 13.4. The number of hydrogen-bond acceptors (Lipinski definition) is 0. The van der Waals surface area contributed by atoms with Crippen LogP contribution in [0.2, 0.25) is 0 Å². The first-order valence-corrected chi connectivity index (χ1v) is 4.91. The van der Waals surface area contributed by atoms with Crippen molar-refractivity contribution in [3.8, 4) is 0 Å². The summed E-state index contributed by atoms with van der Waals surface area (Å²) in [6, 6.07) is 0. The van der Waals surface area contributed by atoms with Crippen molar-refractivity contribution in [1.82, 2.24) is 0 Å². The van der Waals surface area contributed by atoms with Crippen LogP contribution in [0, 0.1) is 17.3 Å². The van der Waals surface area contributed by atoms with Gasteiger partial charge in [0.2, 0.25) is 0 Å². The molecule has 0 saturated heterocycles. The predicted octanol–water partition coefficient (Wildman–Crippen LogP) is 3.47. The van der Waals surface area contributed by atoms with Crippen molar-refractivity contribution >= 4 is 0 Å². The van der Waals surface area contributed by atoms with Gasteiger partial charge in [-0.1, -0.05) is 26.7 Å². The SMILES string of the molecule is CC(C)C12CCCCC1C2(F)F. The molecule has 2 fully saturated rings. The summed E-state index contributed by atoms with van der Waals surface area (Å²) in [7, 11) is 0. The summed E-state index contributed by atoms with van der Waals surface area (Å²) in [6.07, 6.45) is 3.52. The van der Waals surface area contributed by atoms with Crippen LogP contribution >= 0.6 is 0 Å². The molecule has 0 bridgehead atoms. The lowest BCUT2D eigenvalue weighted by atomic mass is 9.80. The fraction of sp³-hybridized carbons (Fsp3) is 1.00. The zero-order valence-electron chi connectivity index (χ0n) is 7.74. The normalized spacial score (nSPS) is 44.2. The maximum Gasteiger partial charge on any atom is 0.257 e. The van der Waals surface area contributed by atoms with E-state index in [-0.39, 0.29) is 11.8 Å². The molecule has 2 aliphatic rings. The number of fused-ring (bicyclic) bond motifs is 1. The molecule has 0 aromatic heterocycles. The van der Waals surface area contributed by atoms with Crippen LogP contribution in [0.1, 0.15) is 39.5 Å². The van der Waals surface area contributed by atoms with Crippen LogP contribution in [0.5, 0.6) is 0 Å². The van der Waals surface area contributed by atoms with Gasteiger partial charge in [-0.05, 0) is 18.8 Å². The highest BCUT2D eigenvalue weighted by Crippen LogP contribution is 2.75. The predicted molar refractivity (Wildman–Crippen MR) is 44.2 cm³/mol. The van der Waals surface area contributed by atoms with Crippen LogP contribution in [0.4, 0.5) is 8.78 Å². The second-order valence-corrected chi connectivity index (χ2v) is 4.62. The van der Waals surface area contributed by atoms with Gasteiger partial charge in [-0.2, -0.15) is 0 Å². The molecule has 0 aromatic carbocycles. The molecule has 2 saturated carbocycles. The third-order valence-corrected chi connectivity index (χ3v) is 3.96. The minimum atomic E-state index is -2.34. The van der Waals surface area contributed by atoms with Gasteiger partial charge in [-0.25, -0.2) is 8.78 Å². The van der Waals surface area contributed by atoms with E-state index in [0.29, 0.717) is 0 Å². The zero-order chi connectivity index (χ0) is 8.98. The summed E-state index contributed by atoms with van der Waals surface area (Å²) < 4.78 is 26.8. The van der Waals surface area contributed by atoms with Crippen LogP contribution in [-0.2, 0) is 0 Å². The zero-order valence-corrected chi connectivity index (χ0v) is 7.74. The molecule has 0 N–H and O–H groups in total. The lowest BCUT2D eigenvalue weighted by molar-refractivity contribution is 0.0393. The van der Waals surface area contributed by atoms with E-state index in [1.165, 1.54) is 0 Å². The fourth-order valence-corrected chi connectivity index (χ4v) is 3.18. The van der Waals surface area contributed by atoms with Crippen LogP contribution in [0.15, 0.2) is 0 Å². The van der Waals surface area contributed by atoms with Crippen molar-refractivity contribution < 1.29 is 8.78 Å². The van der Waals surface area contributed by atoms with Crippen molar-refractivity contribution in [3.05, 3.63) is 0 Å². The van der Waals surface area contributed by atoms with E-state index in [4.69, 9.17) is 0 Å². The molecule has 0 aromatic rings. The van der Waals surface area contributed by atoms with Gasteiger partial charge in [0.15, 0.2) is 0 Å². The first kappa shape index (κ1) is 8.46. The molecule has 0 radical (unpaired) electrons. The molecule has 2 rings (SSSR count). The van der Waals surface area contributed by atoms with Gasteiger partial charge in [0, 0.05) is 11.3 Å². The molecular formula is C10H16F2. The summed E-state index contributed by atoms with van der Waals surface area (Å²) in [5, 5.41) is 0. The third-order valence-electron chi connectivity index (χ3n) is 3.96. The molecule has 12 heavy (non-hydrogen) atoms. The van der Waals surface area contributed by atoms with Crippen LogP contribution in [0.3, 0.4) is 0 Å². The van der Waals surface area contributed by atoms with Crippen molar-refractivity contribution in [2.45, 2.75) is 45.5 Å². The van der Waals surface area contributed by atoms with Crippen molar-refractivity contribution in [2.75, 3.05) is 0 Å². The second kappa shape index (κ2) is 2.21. The van der Waals surface area contributed by atoms with E-state index in [9.17, 15) is 8.78 Å². The van der Waals surface area contributed by atoms with Gasteiger partial charge in [0.25, 0.3) is 5.92 Å². The standard InChI is InChI=1S/C10H16F2/c1-7(2)9-6-4-3-5-8(9)10(9,11)12/h7-8H,3-6H2,1-2H3. The summed E-state index contributed by atoms with van der Waals surface area (Å²) in [4.78, 5) is 0. The van der Waals surface area contributed by atoms with Crippen LogP contribution in [-0.4, -0.2) is 5.92 Å². The van der Waals surface area contributed by atoms with Crippen LogP contribution in [0.25, 0.3) is 0 Å². The van der Waals surface area contributed by atoms with E-state index in [2.05, 4.69) is 0 Å². The molecule has 2 aliphatic carbocycles. The Morgan fingerprint density at radius 3 is 2.33 bits per heavy atom.